The summed E-state index contributed by atoms with van der Waals surface area (Å²) >= 11 is 3.55. The zero-order valence-electron chi connectivity index (χ0n) is 15.6. The maximum atomic E-state index is 11.8. The molecule has 1 aliphatic rings. The third kappa shape index (κ3) is 6.90. The lowest BCUT2D eigenvalue weighted by atomic mass is 9.96. The Hall–Kier alpha value is -1.09. The van der Waals surface area contributed by atoms with Gasteiger partial charge in [-0.05, 0) is 37.5 Å². The molecular formula is C19H28BrIN4O. The number of aliphatic imine (C=N–C) groups is 1. The molecule has 0 radical (unpaired) electrons. The van der Waals surface area contributed by atoms with Crippen molar-refractivity contribution in [2.75, 3.05) is 33.7 Å². The molecule has 0 atom stereocenters. The molecule has 7 heteroatoms. The number of amides is 1. The molecule has 0 spiro atoms. The highest BCUT2D eigenvalue weighted by molar-refractivity contribution is 14.0. The van der Waals surface area contributed by atoms with E-state index in [4.69, 9.17) is 0 Å². The number of likely N-dealkylation sites (N-methyl/N-ethyl adjacent to an activating group) is 1. The number of carbonyl (C=O) groups is 1. The normalized spacial score (nSPS) is 14.8. The molecule has 0 heterocycles. The van der Waals surface area contributed by atoms with E-state index in [1.54, 1.807) is 19.0 Å². The van der Waals surface area contributed by atoms with Crippen LogP contribution in [0.5, 0.6) is 0 Å². The Bertz CT molecular complexity index is 671. The lowest BCUT2D eigenvalue weighted by Gasteiger charge is -2.20. The Labute approximate surface area is 181 Å². The van der Waals surface area contributed by atoms with Gasteiger partial charge >= 0.3 is 0 Å². The summed E-state index contributed by atoms with van der Waals surface area (Å²) in [5.41, 5.74) is 2.50. The topological polar surface area (TPSA) is 56.7 Å². The summed E-state index contributed by atoms with van der Waals surface area (Å²) < 4.78 is 1.10. The number of carbonyl (C=O) groups excluding carboxylic acids is 1. The first-order valence-corrected chi connectivity index (χ1v) is 9.24. The molecule has 0 saturated heterocycles. The van der Waals surface area contributed by atoms with E-state index in [2.05, 4.69) is 56.3 Å². The molecule has 1 aromatic carbocycles. The predicted molar refractivity (Wildman–Crippen MR) is 122 cm³/mol. The van der Waals surface area contributed by atoms with Gasteiger partial charge in [0, 0.05) is 37.1 Å². The van der Waals surface area contributed by atoms with E-state index >= 15 is 0 Å². The SMILES string of the molecule is C=C(C)CNC(=NCC(=O)N(C)C)NCC1(c2cccc(Br)c2)CC1.I. The Balaban J connectivity index is 0.00000338. The first-order valence-electron chi connectivity index (χ1n) is 8.45. The van der Waals surface area contributed by atoms with E-state index in [1.165, 1.54) is 5.56 Å². The quantitative estimate of drug-likeness (QED) is 0.244. The van der Waals surface area contributed by atoms with E-state index in [0.29, 0.717) is 12.5 Å². The van der Waals surface area contributed by atoms with E-state index in [-0.39, 0.29) is 41.8 Å². The van der Waals surface area contributed by atoms with Crippen LogP contribution in [0.1, 0.15) is 25.3 Å². The first kappa shape index (κ1) is 23.0. The monoisotopic (exact) mass is 534 g/mol. The minimum absolute atomic E-state index is 0. The molecular weight excluding hydrogens is 507 g/mol. The first-order chi connectivity index (χ1) is 11.8. The van der Waals surface area contributed by atoms with Crippen molar-refractivity contribution >= 4 is 51.8 Å². The van der Waals surface area contributed by atoms with Gasteiger partial charge in [0.25, 0.3) is 0 Å². The van der Waals surface area contributed by atoms with Crippen LogP contribution in [0.15, 0.2) is 45.9 Å². The van der Waals surface area contributed by atoms with Gasteiger partial charge in [0.05, 0.1) is 0 Å². The molecule has 2 rings (SSSR count). The molecule has 0 unspecified atom stereocenters. The van der Waals surface area contributed by atoms with Crippen LogP contribution >= 0.6 is 39.9 Å². The maximum Gasteiger partial charge on any atom is 0.243 e. The van der Waals surface area contributed by atoms with Gasteiger partial charge in [0.2, 0.25) is 5.91 Å². The lowest BCUT2D eigenvalue weighted by Crippen LogP contribution is -2.42. The maximum absolute atomic E-state index is 11.8. The van der Waals surface area contributed by atoms with Gasteiger partial charge in [-0.1, -0.05) is 40.2 Å². The zero-order valence-corrected chi connectivity index (χ0v) is 19.6. The van der Waals surface area contributed by atoms with Crippen molar-refractivity contribution in [1.29, 1.82) is 0 Å². The number of guanidine groups is 1. The molecule has 1 amide bonds. The highest BCUT2D eigenvalue weighted by atomic mass is 127. The molecule has 1 aromatic rings. The van der Waals surface area contributed by atoms with Crippen LogP contribution < -0.4 is 10.6 Å². The van der Waals surface area contributed by atoms with Gasteiger partial charge < -0.3 is 15.5 Å². The smallest absolute Gasteiger partial charge is 0.243 e. The summed E-state index contributed by atoms with van der Waals surface area (Å²) in [6, 6.07) is 8.47. The Morgan fingerprint density at radius 2 is 2.04 bits per heavy atom. The Morgan fingerprint density at radius 3 is 2.58 bits per heavy atom. The highest BCUT2D eigenvalue weighted by Crippen LogP contribution is 2.48. The van der Waals surface area contributed by atoms with Crippen molar-refractivity contribution in [3.63, 3.8) is 0 Å². The van der Waals surface area contributed by atoms with E-state index in [9.17, 15) is 4.79 Å². The fourth-order valence-corrected chi connectivity index (χ4v) is 2.89. The number of benzene rings is 1. The fraction of sp³-hybridized carbons (Fsp3) is 0.474. The number of nitrogens with one attached hydrogen (secondary N) is 2. The second-order valence-corrected chi connectivity index (χ2v) is 7.82. The molecule has 26 heavy (non-hydrogen) atoms. The molecule has 144 valence electrons. The standard InChI is InChI=1S/C19H27BrN4O.HI/c1-14(2)11-21-18(22-12-17(25)24(3)4)23-13-19(8-9-19)15-6-5-7-16(20)10-15;/h5-7,10H,1,8-9,11-13H2,2-4H3,(H2,21,22,23);1H. The summed E-state index contributed by atoms with van der Waals surface area (Å²) in [5, 5.41) is 6.64. The van der Waals surface area contributed by atoms with Gasteiger partial charge in [0.15, 0.2) is 5.96 Å². The van der Waals surface area contributed by atoms with Gasteiger partial charge in [-0.2, -0.15) is 0 Å². The number of hydrogen-bond acceptors (Lipinski definition) is 2. The predicted octanol–water partition coefficient (Wildman–Crippen LogP) is 3.30. The average molecular weight is 535 g/mol. The van der Waals surface area contributed by atoms with Crippen LogP contribution in [0.25, 0.3) is 0 Å². The average Bonchev–Trinajstić information content (AvgIpc) is 3.34. The molecule has 1 aliphatic carbocycles. The van der Waals surface area contributed by atoms with E-state index in [0.717, 1.165) is 29.4 Å². The largest absolute Gasteiger partial charge is 0.355 e. The third-order valence-electron chi connectivity index (χ3n) is 4.31. The molecule has 1 saturated carbocycles. The van der Waals surface area contributed by atoms with Crippen molar-refractivity contribution in [3.05, 3.63) is 46.5 Å². The number of nitrogens with zero attached hydrogens (tertiary/aromatic N) is 2. The number of hydrogen-bond donors (Lipinski definition) is 2. The summed E-state index contributed by atoms with van der Waals surface area (Å²) in [4.78, 5) is 17.8. The third-order valence-corrected chi connectivity index (χ3v) is 4.81. The minimum Gasteiger partial charge on any atom is -0.355 e. The van der Waals surface area contributed by atoms with Crippen molar-refractivity contribution in [3.8, 4) is 0 Å². The highest BCUT2D eigenvalue weighted by Gasteiger charge is 2.44. The second kappa shape index (κ2) is 10.3. The minimum atomic E-state index is -0.0236. The van der Waals surface area contributed by atoms with Crippen LogP contribution in [-0.2, 0) is 10.2 Å². The molecule has 2 N–H and O–H groups in total. The lowest BCUT2D eigenvalue weighted by molar-refractivity contribution is -0.127. The van der Waals surface area contributed by atoms with Crippen molar-refractivity contribution in [2.24, 2.45) is 4.99 Å². The van der Waals surface area contributed by atoms with Crippen LogP contribution in [0.2, 0.25) is 0 Å². The Kier molecular flexibility index (Phi) is 9.09. The van der Waals surface area contributed by atoms with Gasteiger partial charge in [-0.25, -0.2) is 4.99 Å². The van der Waals surface area contributed by atoms with Crippen molar-refractivity contribution in [2.45, 2.75) is 25.2 Å². The second-order valence-electron chi connectivity index (χ2n) is 6.91. The van der Waals surface area contributed by atoms with Crippen LogP contribution in [-0.4, -0.2) is 50.5 Å². The van der Waals surface area contributed by atoms with Crippen LogP contribution in [0, 0.1) is 0 Å². The molecule has 0 bridgehead atoms. The fourth-order valence-electron chi connectivity index (χ4n) is 2.49. The van der Waals surface area contributed by atoms with E-state index in [1.807, 2.05) is 13.0 Å². The Morgan fingerprint density at radius 1 is 1.35 bits per heavy atom. The molecule has 0 aliphatic heterocycles. The summed E-state index contributed by atoms with van der Waals surface area (Å²) in [6.45, 7) is 7.41. The summed E-state index contributed by atoms with van der Waals surface area (Å²) in [5.74, 6) is 0.629. The van der Waals surface area contributed by atoms with Crippen LogP contribution in [0.3, 0.4) is 0 Å². The van der Waals surface area contributed by atoms with Crippen molar-refractivity contribution < 1.29 is 4.79 Å². The van der Waals surface area contributed by atoms with Gasteiger partial charge in [-0.15, -0.1) is 24.0 Å². The number of halogens is 2. The molecule has 0 aromatic heterocycles. The molecule has 5 nitrogen and oxygen atoms in total. The van der Waals surface area contributed by atoms with Crippen LogP contribution in [0.4, 0.5) is 0 Å². The summed E-state index contributed by atoms with van der Waals surface area (Å²) in [6.07, 6.45) is 2.31. The van der Waals surface area contributed by atoms with E-state index < -0.39 is 0 Å². The number of rotatable bonds is 7. The summed E-state index contributed by atoms with van der Waals surface area (Å²) in [7, 11) is 3.47. The molecule has 1 fully saturated rings. The van der Waals surface area contributed by atoms with Gasteiger partial charge in [0.1, 0.15) is 6.54 Å². The zero-order chi connectivity index (χ0) is 18.4. The van der Waals surface area contributed by atoms with Crippen molar-refractivity contribution in [1.82, 2.24) is 15.5 Å². The van der Waals surface area contributed by atoms with Gasteiger partial charge in [-0.3, -0.25) is 4.79 Å².